The maximum Gasteiger partial charge on any atom is 0.127 e. The summed E-state index contributed by atoms with van der Waals surface area (Å²) < 4.78 is 5.97. The Morgan fingerprint density at radius 3 is 2.43 bits per heavy atom. The molecule has 2 aromatic carbocycles. The van der Waals surface area contributed by atoms with Crippen molar-refractivity contribution in [1.29, 1.82) is 0 Å². The molecular formula is C19H28NO+. The lowest BCUT2D eigenvalue weighted by atomic mass is 10.1. The molecule has 0 unspecified atom stereocenters. The van der Waals surface area contributed by atoms with Gasteiger partial charge >= 0.3 is 0 Å². The molecular weight excluding hydrogens is 258 g/mol. The third kappa shape index (κ3) is 4.75. The number of rotatable bonds is 9. The number of hydrogen-bond donors (Lipinski definition) is 1. The standard InChI is InChI=1S/C19H27NO/c1-3-20(4-2)15-8-5-9-16-21-19-14-10-12-17-11-6-7-13-18(17)19/h6-7,10-14H,3-5,8-9,15-16H2,1-2H3/p+1. The first-order valence-corrected chi connectivity index (χ1v) is 8.29. The maximum atomic E-state index is 5.97. The molecule has 0 aromatic heterocycles. The van der Waals surface area contributed by atoms with Gasteiger partial charge in [0.15, 0.2) is 0 Å². The van der Waals surface area contributed by atoms with Crippen LogP contribution in [0.3, 0.4) is 0 Å². The van der Waals surface area contributed by atoms with E-state index in [0.717, 1.165) is 18.8 Å². The van der Waals surface area contributed by atoms with Crippen LogP contribution in [0.5, 0.6) is 5.75 Å². The summed E-state index contributed by atoms with van der Waals surface area (Å²) in [7, 11) is 0. The predicted octanol–water partition coefficient (Wildman–Crippen LogP) is 3.31. The number of nitrogens with one attached hydrogen (secondary N) is 1. The molecule has 2 aromatic rings. The van der Waals surface area contributed by atoms with E-state index in [1.165, 1.54) is 43.2 Å². The van der Waals surface area contributed by atoms with Gasteiger partial charge in [0.1, 0.15) is 5.75 Å². The van der Waals surface area contributed by atoms with Gasteiger partial charge in [0.25, 0.3) is 0 Å². The Morgan fingerprint density at radius 1 is 0.857 bits per heavy atom. The molecule has 0 atom stereocenters. The summed E-state index contributed by atoms with van der Waals surface area (Å²) in [6.45, 7) is 9.12. The van der Waals surface area contributed by atoms with Gasteiger partial charge < -0.3 is 9.64 Å². The first-order chi connectivity index (χ1) is 10.3. The van der Waals surface area contributed by atoms with E-state index < -0.39 is 0 Å². The lowest BCUT2D eigenvalue weighted by Crippen LogP contribution is -3.11. The van der Waals surface area contributed by atoms with Gasteiger partial charge in [0.05, 0.1) is 26.2 Å². The first kappa shape index (κ1) is 15.8. The Kier molecular flexibility index (Phi) is 6.55. The Labute approximate surface area is 128 Å². The second-order valence-corrected chi connectivity index (χ2v) is 5.59. The van der Waals surface area contributed by atoms with Crippen LogP contribution in [0, 0.1) is 0 Å². The Balaban J connectivity index is 1.73. The molecule has 0 aliphatic heterocycles. The largest absolute Gasteiger partial charge is 0.493 e. The fourth-order valence-corrected chi connectivity index (χ4v) is 2.76. The van der Waals surface area contributed by atoms with Gasteiger partial charge in [-0.15, -0.1) is 0 Å². The van der Waals surface area contributed by atoms with E-state index in [0.29, 0.717) is 0 Å². The molecule has 114 valence electrons. The lowest BCUT2D eigenvalue weighted by molar-refractivity contribution is -0.896. The number of quaternary nitrogens is 1. The molecule has 0 fully saturated rings. The second kappa shape index (κ2) is 8.68. The molecule has 0 saturated heterocycles. The van der Waals surface area contributed by atoms with Crippen LogP contribution in [-0.4, -0.2) is 26.2 Å². The molecule has 0 amide bonds. The topological polar surface area (TPSA) is 13.7 Å². The summed E-state index contributed by atoms with van der Waals surface area (Å²) in [5.41, 5.74) is 0. The zero-order valence-electron chi connectivity index (χ0n) is 13.4. The van der Waals surface area contributed by atoms with Crippen LogP contribution in [0.2, 0.25) is 0 Å². The highest BCUT2D eigenvalue weighted by Crippen LogP contribution is 2.25. The summed E-state index contributed by atoms with van der Waals surface area (Å²) in [4.78, 5) is 1.70. The smallest absolute Gasteiger partial charge is 0.127 e. The number of ether oxygens (including phenoxy) is 1. The van der Waals surface area contributed by atoms with Crippen molar-refractivity contribution in [3.63, 3.8) is 0 Å². The fourth-order valence-electron chi connectivity index (χ4n) is 2.76. The minimum Gasteiger partial charge on any atom is -0.493 e. The van der Waals surface area contributed by atoms with E-state index in [4.69, 9.17) is 4.74 Å². The second-order valence-electron chi connectivity index (χ2n) is 5.59. The van der Waals surface area contributed by atoms with Crippen molar-refractivity contribution < 1.29 is 9.64 Å². The molecule has 2 rings (SSSR count). The molecule has 2 heteroatoms. The van der Waals surface area contributed by atoms with Crippen LogP contribution in [0.25, 0.3) is 10.8 Å². The van der Waals surface area contributed by atoms with Crippen LogP contribution in [-0.2, 0) is 0 Å². The minimum atomic E-state index is 0.821. The average Bonchev–Trinajstić information content (AvgIpc) is 2.54. The summed E-state index contributed by atoms with van der Waals surface area (Å²) >= 11 is 0. The van der Waals surface area contributed by atoms with Gasteiger partial charge in [-0.25, -0.2) is 0 Å². The van der Waals surface area contributed by atoms with Crippen molar-refractivity contribution in [2.24, 2.45) is 0 Å². The monoisotopic (exact) mass is 286 g/mol. The van der Waals surface area contributed by atoms with Crippen LogP contribution < -0.4 is 9.64 Å². The van der Waals surface area contributed by atoms with E-state index in [1.807, 2.05) is 0 Å². The van der Waals surface area contributed by atoms with Crippen molar-refractivity contribution in [2.75, 3.05) is 26.2 Å². The van der Waals surface area contributed by atoms with Gasteiger partial charge in [-0.05, 0) is 44.6 Å². The van der Waals surface area contributed by atoms with E-state index in [9.17, 15) is 0 Å². The number of fused-ring (bicyclic) bond motifs is 1. The molecule has 0 aliphatic rings. The molecule has 0 bridgehead atoms. The molecule has 0 spiro atoms. The molecule has 0 saturated carbocycles. The van der Waals surface area contributed by atoms with Gasteiger partial charge in [0, 0.05) is 5.39 Å². The van der Waals surface area contributed by atoms with Crippen LogP contribution in [0.1, 0.15) is 33.1 Å². The average molecular weight is 286 g/mol. The number of hydrogen-bond acceptors (Lipinski definition) is 1. The third-order valence-corrected chi connectivity index (χ3v) is 4.18. The van der Waals surface area contributed by atoms with Gasteiger partial charge in [-0.1, -0.05) is 36.4 Å². The normalized spacial score (nSPS) is 11.2. The number of unbranched alkanes of at least 4 members (excludes halogenated alkanes) is 2. The predicted molar refractivity (Wildman–Crippen MR) is 90.2 cm³/mol. The van der Waals surface area contributed by atoms with Gasteiger partial charge in [0.2, 0.25) is 0 Å². The Morgan fingerprint density at radius 2 is 1.62 bits per heavy atom. The first-order valence-electron chi connectivity index (χ1n) is 8.29. The minimum absolute atomic E-state index is 0.821. The molecule has 2 nitrogen and oxygen atoms in total. The SMILES string of the molecule is CC[NH+](CC)CCCCCOc1cccc2ccccc12. The van der Waals surface area contributed by atoms with Gasteiger partial charge in [-0.2, -0.15) is 0 Å². The highest BCUT2D eigenvalue weighted by atomic mass is 16.5. The zero-order valence-corrected chi connectivity index (χ0v) is 13.4. The molecule has 0 aliphatic carbocycles. The van der Waals surface area contributed by atoms with E-state index in [-0.39, 0.29) is 0 Å². The Hall–Kier alpha value is -1.54. The van der Waals surface area contributed by atoms with Crippen LogP contribution in [0.4, 0.5) is 0 Å². The van der Waals surface area contributed by atoms with Gasteiger partial charge in [-0.3, -0.25) is 0 Å². The molecule has 0 heterocycles. The summed E-state index contributed by atoms with van der Waals surface area (Å²) in [5, 5.41) is 2.47. The van der Waals surface area contributed by atoms with E-state index >= 15 is 0 Å². The lowest BCUT2D eigenvalue weighted by Gasteiger charge is -2.15. The maximum absolute atomic E-state index is 5.97. The van der Waals surface area contributed by atoms with Crippen molar-refractivity contribution in [3.05, 3.63) is 42.5 Å². The fraction of sp³-hybridized carbons (Fsp3) is 0.474. The summed E-state index contributed by atoms with van der Waals surface area (Å²) in [6.07, 6.45) is 3.70. The summed E-state index contributed by atoms with van der Waals surface area (Å²) in [6, 6.07) is 14.7. The Bertz CT molecular complexity index is 529. The zero-order chi connectivity index (χ0) is 14.9. The van der Waals surface area contributed by atoms with Crippen molar-refractivity contribution in [2.45, 2.75) is 33.1 Å². The van der Waals surface area contributed by atoms with Crippen molar-refractivity contribution >= 4 is 10.8 Å². The molecule has 1 N–H and O–H groups in total. The van der Waals surface area contributed by atoms with Crippen LogP contribution in [0.15, 0.2) is 42.5 Å². The van der Waals surface area contributed by atoms with E-state index in [2.05, 4.69) is 56.3 Å². The van der Waals surface area contributed by atoms with Crippen molar-refractivity contribution in [3.8, 4) is 5.75 Å². The summed E-state index contributed by atoms with van der Waals surface area (Å²) in [5.74, 6) is 1.02. The van der Waals surface area contributed by atoms with E-state index in [1.54, 1.807) is 4.90 Å². The highest BCUT2D eigenvalue weighted by Gasteiger charge is 2.03. The van der Waals surface area contributed by atoms with Crippen molar-refractivity contribution in [1.82, 2.24) is 0 Å². The quantitative estimate of drug-likeness (QED) is 0.698. The molecule has 0 radical (unpaired) electrons. The van der Waals surface area contributed by atoms with Crippen LogP contribution >= 0.6 is 0 Å². The highest BCUT2D eigenvalue weighted by molar-refractivity contribution is 5.88. The number of benzene rings is 2. The molecule has 21 heavy (non-hydrogen) atoms. The third-order valence-electron chi connectivity index (χ3n) is 4.18.